The highest BCUT2D eigenvalue weighted by molar-refractivity contribution is 5.93. The number of hydrogen-bond donors (Lipinski definition) is 2. The summed E-state index contributed by atoms with van der Waals surface area (Å²) < 4.78 is 11.2. The summed E-state index contributed by atoms with van der Waals surface area (Å²) in [7, 11) is 0. The van der Waals surface area contributed by atoms with Crippen LogP contribution in [0.25, 0.3) is 0 Å². The molecule has 7 heteroatoms. The van der Waals surface area contributed by atoms with Gasteiger partial charge in [0.15, 0.2) is 6.29 Å². The SMILES string of the molecule is CC(C)C(NC(=O)Nc1ccccc1)C(=O)N1CCCC(C2OCCO2)C1. The highest BCUT2D eigenvalue weighted by Gasteiger charge is 2.36. The van der Waals surface area contributed by atoms with Crippen molar-refractivity contribution in [2.75, 3.05) is 31.6 Å². The van der Waals surface area contributed by atoms with Crippen LogP contribution in [-0.4, -0.2) is 55.5 Å². The number of nitrogens with zero attached hydrogens (tertiary/aromatic N) is 1. The second-order valence-corrected chi connectivity index (χ2v) is 7.48. The van der Waals surface area contributed by atoms with Gasteiger partial charge in [0.25, 0.3) is 0 Å². The number of carbonyl (C=O) groups excluding carboxylic acids is 2. The maximum absolute atomic E-state index is 13.1. The van der Waals surface area contributed by atoms with Gasteiger partial charge >= 0.3 is 6.03 Å². The lowest BCUT2D eigenvalue weighted by Crippen LogP contribution is -2.55. The molecule has 2 aliphatic rings. The standard InChI is InChI=1S/C20H29N3O4/c1-14(2)17(22-20(25)21-16-8-4-3-5-9-16)18(24)23-10-6-7-15(13-23)19-26-11-12-27-19/h3-5,8-9,14-15,17,19H,6-7,10-13H2,1-2H3,(H2,21,22,25). The van der Waals surface area contributed by atoms with E-state index in [0.29, 0.717) is 32.0 Å². The molecule has 1 aromatic carbocycles. The van der Waals surface area contributed by atoms with Crippen LogP contribution in [0, 0.1) is 11.8 Å². The lowest BCUT2D eigenvalue weighted by Gasteiger charge is -2.37. The van der Waals surface area contributed by atoms with Crippen molar-refractivity contribution in [1.29, 1.82) is 0 Å². The maximum atomic E-state index is 13.1. The summed E-state index contributed by atoms with van der Waals surface area (Å²) in [4.78, 5) is 27.3. The van der Waals surface area contributed by atoms with E-state index in [1.54, 1.807) is 0 Å². The Kier molecular flexibility index (Phi) is 6.68. The highest BCUT2D eigenvalue weighted by Crippen LogP contribution is 2.25. The molecule has 3 rings (SSSR count). The van der Waals surface area contributed by atoms with Crippen LogP contribution < -0.4 is 10.6 Å². The van der Waals surface area contributed by atoms with Gasteiger partial charge in [-0.3, -0.25) is 4.79 Å². The van der Waals surface area contributed by atoms with Gasteiger partial charge in [-0.25, -0.2) is 4.79 Å². The van der Waals surface area contributed by atoms with Gasteiger partial charge in [0.05, 0.1) is 13.2 Å². The third kappa shape index (κ3) is 5.20. The van der Waals surface area contributed by atoms with Crippen molar-refractivity contribution in [3.8, 4) is 0 Å². The minimum absolute atomic E-state index is 0.0154. The van der Waals surface area contributed by atoms with Crippen LogP contribution in [0.5, 0.6) is 0 Å². The summed E-state index contributed by atoms with van der Waals surface area (Å²) in [6.07, 6.45) is 1.69. The zero-order valence-electron chi connectivity index (χ0n) is 16.0. The van der Waals surface area contributed by atoms with E-state index in [4.69, 9.17) is 9.47 Å². The summed E-state index contributed by atoms with van der Waals surface area (Å²) in [6, 6.07) is 8.25. The second kappa shape index (κ2) is 9.19. The number of likely N-dealkylation sites (tertiary alicyclic amines) is 1. The summed E-state index contributed by atoms with van der Waals surface area (Å²) >= 11 is 0. The first-order chi connectivity index (χ1) is 13.0. The number of hydrogen-bond acceptors (Lipinski definition) is 4. The van der Waals surface area contributed by atoms with E-state index in [0.717, 1.165) is 12.8 Å². The highest BCUT2D eigenvalue weighted by atomic mass is 16.7. The third-order valence-corrected chi connectivity index (χ3v) is 5.05. The van der Waals surface area contributed by atoms with Crippen LogP contribution in [0.3, 0.4) is 0 Å². The number of anilines is 1. The van der Waals surface area contributed by atoms with Crippen LogP contribution >= 0.6 is 0 Å². The monoisotopic (exact) mass is 375 g/mol. The number of rotatable bonds is 5. The Bertz CT molecular complexity index is 631. The number of ether oxygens (including phenoxy) is 2. The molecule has 0 saturated carbocycles. The summed E-state index contributed by atoms with van der Waals surface area (Å²) in [5.41, 5.74) is 0.693. The van der Waals surface area contributed by atoms with Crippen molar-refractivity contribution >= 4 is 17.6 Å². The third-order valence-electron chi connectivity index (χ3n) is 5.05. The van der Waals surface area contributed by atoms with Gasteiger partial charge < -0.3 is 25.0 Å². The molecule has 3 amide bonds. The average Bonchev–Trinajstić information content (AvgIpc) is 3.21. The van der Waals surface area contributed by atoms with Crippen molar-refractivity contribution in [2.45, 2.75) is 39.0 Å². The van der Waals surface area contributed by atoms with Gasteiger partial charge in [-0.2, -0.15) is 0 Å². The topological polar surface area (TPSA) is 79.9 Å². The van der Waals surface area contributed by atoms with Crippen molar-refractivity contribution in [3.63, 3.8) is 0 Å². The van der Waals surface area contributed by atoms with Crippen LogP contribution in [-0.2, 0) is 14.3 Å². The molecule has 2 fully saturated rings. The molecule has 2 atom stereocenters. The number of carbonyl (C=O) groups is 2. The maximum Gasteiger partial charge on any atom is 0.319 e. The first-order valence-electron chi connectivity index (χ1n) is 9.69. The Balaban J connectivity index is 1.59. The number of urea groups is 1. The second-order valence-electron chi connectivity index (χ2n) is 7.48. The lowest BCUT2D eigenvalue weighted by atomic mass is 9.95. The fourth-order valence-corrected chi connectivity index (χ4v) is 3.62. The Labute approximate surface area is 160 Å². The smallest absolute Gasteiger partial charge is 0.319 e. The summed E-state index contributed by atoms with van der Waals surface area (Å²) in [5, 5.41) is 5.62. The van der Waals surface area contributed by atoms with Crippen LogP contribution in [0.1, 0.15) is 26.7 Å². The van der Waals surface area contributed by atoms with E-state index in [-0.39, 0.29) is 30.1 Å². The van der Waals surface area contributed by atoms with E-state index >= 15 is 0 Å². The minimum Gasteiger partial charge on any atom is -0.350 e. The zero-order valence-corrected chi connectivity index (χ0v) is 16.0. The van der Waals surface area contributed by atoms with Crippen LogP contribution in [0.2, 0.25) is 0 Å². The molecule has 2 heterocycles. The molecular formula is C20H29N3O4. The first kappa shape index (κ1) is 19.6. The van der Waals surface area contributed by atoms with Crippen LogP contribution in [0.4, 0.5) is 10.5 Å². The van der Waals surface area contributed by atoms with Gasteiger partial charge in [0.1, 0.15) is 6.04 Å². The molecule has 0 spiro atoms. The van der Waals surface area contributed by atoms with Crippen molar-refractivity contribution in [1.82, 2.24) is 10.2 Å². The van der Waals surface area contributed by atoms with Crippen molar-refractivity contribution in [3.05, 3.63) is 30.3 Å². The normalized spacial score (nSPS) is 21.9. The molecule has 0 radical (unpaired) electrons. The number of amides is 3. The van der Waals surface area contributed by atoms with E-state index < -0.39 is 6.04 Å². The number of nitrogens with one attached hydrogen (secondary N) is 2. The predicted molar refractivity (Wildman–Crippen MR) is 102 cm³/mol. The van der Waals surface area contributed by atoms with Gasteiger partial charge in [0, 0.05) is 24.7 Å². The molecule has 0 aromatic heterocycles. The molecule has 148 valence electrons. The number of piperidine rings is 1. The predicted octanol–water partition coefficient (Wildman–Crippen LogP) is 2.44. The fourth-order valence-electron chi connectivity index (χ4n) is 3.62. The molecule has 2 N–H and O–H groups in total. The van der Waals surface area contributed by atoms with Gasteiger partial charge in [-0.05, 0) is 30.9 Å². The Hall–Kier alpha value is -2.12. The molecule has 2 aliphatic heterocycles. The molecule has 2 unspecified atom stereocenters. The molecular weight excluding hydrogens is 346 g/mol. The Morgan fingerprint density at radius 2 is 1.85 bits per heavy atom. The Morgan fingerprint density at radius 3 is 2.52 bits per heavy atom. The molecule has 0 aliphatic carbocycles. The molecule has 1 aromatic rings. The van der Waals surface area contributed by atoms with Crippen LogP contribution in [0.15, 0.2) is 30.3 Å². The Morgan fingerprint density at radius 1 is 1.15 bits per heavy atom. The number of benzene rings is 1. The molecule has 7 nitrogen and oxygen atoms in total. The zero-order chi connectivity index (χ0) is 19.2. The molecule has 27 heavy (non-hydrogen) atoms. The fraction of sp³-hybridized carbons (Fsp3) is 0.600. The number of para-hydroxylation sites is 1. The van der Waals surface area contributed by atoms with Gasteiger partial charge in [-0.1, -0.05) is 32.0 Å². The van der Waals surface area contributed by atoms with E-state index in [1.165, 1.54) is 0 Å². The van der Waals surface area contributed by atoms with Crippen molar-refractivity contribution < 1.29 is 19.1 Å². The van der Waals surface area contributed by atoms with E-state index in [9.17, 15) is 9.59 Å². The summed E-state index contributed by atoms with van der Waals surface area (Å²) in [5.74, 6) is 0.130. The minimum atomic E-state index is -0.571. The largest absolute Gasteiger partial charge is 0.350 e. The van der Waals surface area contributed by atoms with Gasteiger partial charge in [0.2, 0.25) is 5.91 Å². The molecule has 2 saturated heterocycles. The molecule has 0 bridgehead atoms. The summed E-state index contributed by atoms with van der Waals surface area (Å²) in [6.45, 7) is 6.42. The first-order valence-corrected chi connectivity index (χ1v) is 9.69. The van der Waals surface area contributed by atoms with Crippen molar-refractivity contribution in [2.24, 2.45) is 11.8 Å². The lowest BCUT2D eigenvalue weighted by molar-refractivity contribution is -0.142. The van der Waals surface area contributed by atoms with E-state index in [1.807, 2.05) is 49.1 Å². The van der Waals surface area contributed by atoms with Gasteiger partial charge in [-0.15, -0.1) is 0 Å². The van der Waals surface area contributed by atoms with E-state index in [2.05, 4.69) is 10.6 Å². The average molecular weight is 375 g/mol. The quantitative estimate of drug-likeness (QED) is 0.828.